The van der Waals surface area contributed by atoms with E-state index in [2.05, 4.69) is 20.9 Å². The van der Waals surface area contributed by atoms with Crippen LogP contribution in [0.25, 0.3) is 0 Å². The summed E-state index contributed by atoms with van der Waals surface area (Å²) in [7, 11) is 0. The van der Waals surface area contributed by atoms with Gasteiger partial charge >= 0.3 is 0 Å². The van der Waals surface area contributed by atoms with Crippen molar-refractivity contribution in [3.63, 3.8) is 0 Å². The summed E-state index contributed by atoms with van der Waals surface area (Å²) in [5, 5.41) is 9.48. The van der Waals surface area contributed by atoms with Crippen LogP contribution in [-0.2, 0) is 11.3 Å². The van der Waals surface area contributed by atoms with Gasteiger partial charge in [0.2, 0.25) is 0 Å². The number of nitrogens with one attached hydrogen (secondary N) is 3. The number of benzene rings is 1. The van der Waals surface area contributed by atoms with Gasteiger partial charge in [-0.2, -0.15) is 0 Å². The van der Waals surface area contributed by atoms with Gasteiger partial charge in [0.1, 0.15) is 0 Å². The molecule has 1 amide bonds. The van der Waals surface area contributed by atoms with E-state index in [1.54, 1.807) is 0 Å². The molecule has 0 radical (unpaired) electrons. The predicted octanol–water partition coefficient (Wildman–Crippen LogP) is 2.68. The van der Waals surface area contributed by atoms with Crippen LogP contribution >= 0.6 is 24.0 Å². The Bertz CT molecular complexity index is 574. The Morgan fingerprint density at radius 1 is 1.27 bits per heavy atom. The maximum absolute atomic E-state index is 12.1. The van der Waals surface area contributed by atoms with Crippen LogP contribution in [0, 0.1) is 0 Å². The van der Waals surface area contributed by atoms with Crippen LogP contribution in [0.4, 0.5) is 0 Å². The molecular weight excluding hydrogens is 443 g/mol. The molecule has 1 unspecified atom stereocenters. The minimum atomic E-state index is -0.0314. The number of carbonyl (C=O) groups excluding carboxylic acids is 1. The third-order valence-electron chi connectivity index (χ3n) is 4.01. The van der Waals surface area contributed by atoms with E-state index < -0.39 is 0 Å². The molecule has 1 atom stereocenters. The van der Waals surface area contributed by atoms with Gasteiger partial charge in [-0.25, -0.2) is 4.99 Å². The lowest BCUT2D eigenvalue weighted by atomic mass is 10.1. The fraction of sp³-hybridized carbons (Fsp3) is 0.579. The summed E-state index contributed by atoms with van der Waals surface area (Å²) in [6.07, 6.45) is 3.43. The molecule has 146 valence electrons. The van der Waals surface area contributed by atoms with Gasteiger partial charge in [0.25, 0.3) is 5.91 Å². The van der Waals surface area contributed by atoms with Crippen molar-refractivity contribution in [2.24, 2.45) is 4.99 Å². The molecule has 1 fully saturated rings. The molecule has 0 saturated carbocycles. The lowest BCUT2D eigenvalue weighted by molar-refractivity contribution is 0.0953. The molecule has 7 heteroatoms. The van der Waals surface area contributed by atoms with Gasteiger partial charge in [-0.3, -0.25) is 4.79 Å². The second kappa shape index (κ2) is 12.9. The smallest absolute Gasteiger partial charge is 0.251 e. The van der Waals surface area contributed by atoms with E-state index in [4.69, 9.17) is 4.74 Å². The maximum atomic E-state index is 12.1. The highest BCUT2D eigenvalue weighted by molar-refractivity contribution is 14.0. The van der Waals surface area contributed by atoms with E-state index >= 15 is 0 Å². The minimum Gasteiger partial charge on any atom is -0.376 e. The number of guanidine groups is 1. The lowest BCUT2D eigenvalue weighted by Crippen LogP contribution is -2.41. The Kier molecular flexibility index (Phi) is 11.3. The molecule has 1 aliphatic rings. The maximum Gasteiger partial charge on any atom is 0.251 e. The van der Waals surface area contributed by atoms with Gasteiger partial charge < -0.3 is 20.7 Å². The summed E-state index contributed by atoms with van der Waals surface area (Å²) in [4.78, 5) is 16.7. The molecule has 1 saturated heterocycles. The first-order valence-electron chi connectivity index (χ1n) is 9.23. The third-order valence-corrected chi connectivity index (χ3v) is 4.01. The van der Waals surface area contributed by atoms with Crippen LogP contribution in [0.5, 0.6) is 0 Å². The van der Waals surface area contributed by atoms with Crippen molar-refractivity contribution in [1.29, 1.82) is 0 Å². The van der Waals surface area contributed by atoms with Crippen LogP contribution in [0.1, 0.15) is 49.0 Å². The summed E-state index contributed by atoms with van der Waals surface area (Å²) < 4.78 is 5.63. The van der Waals surface area contributed by atoms with Crippen molar-refractivity contribution in [3.05, 3.63) is 35.4 Å². The van der Waals surface area contributed by atoms with Gasteiger partial charge in [-0.15, -0.1) is 24.0 Å². The summed E-state index contributed by atoms with van der Waals surface area (Å²) in [6.45, 7) is 7.73. The number of amides is 1. The summed E-state index contributed by atoms with van der Waals surface area (Å²) >= 11 is 0. The van der Waals surface area contributed by atoms with E-state index in [1.807, 2.05) is 38.1 Å². The fourth-order valence-corrected chi connectivity index (χ4v) is 2.68. The van der Waals surface area contributed by atoms with Crippen LogP contribution in [-0.4, -0.2) is 44.2 Å². The fourth-order valence-electron chi connectivity index (χ4n) is 2.68. The highest BCUT2D eigenvalue weighted by Gasteiger charge is 2.15. The molecule has 26 heavy (non-hydrogen) atoms. The highest BCUT2D eigenvalue weighted by atomic mass is 127. The number of carbonyl (C=O) groups is 1. The summed E-state index contributed by atoms with van der Waals surface area (Å²) in [6, 6.07) is 7.62. The van der Waals surface area contributed by atoms with Crippen molar-refractivity contribution in [3.8, 4) is 0 Å². The first-order valence-corrected chi connectivity index (χ1v) is 9.23. The molecule has 0 aliphatic carbocycles. The van der Waals surface area contributed by atoms with Crippen molar-refractivity contribution in [2.75, 3.05) is 26.2 Å². The first-order chi connectivity index (χ1) is 12.2. The minimum absolute atomic E-state index is 0. The number of hydrogen-bond acceptors (Lipinski definition) is 3. The molecule has 1 heterocycles. The highest BCUT2D eigenvalue weighted by Crippen LogP contribution is 2.10. The van der Waals surface area contributed by atoms with Crippen molar-refractivity contribution in [2.45, 2.75) is 45.8 Å². The molecule has 3 N–H and O–H groups in total. The largest absolute Gasteiger partial charge is 0.376 e. The number of nitrogens with zero attached hydrogens (tertiary/aromatic N) is 1. The van der Waals surface area contributed by atoms with E-state index in [0.29, 0.717) is 18.7 Å². The quantitative estimate of drug-likeness (QED) is 0.308. The monoisotopic (exact) mass is 474 g/mol. The normalized spacial score (nSPS) is 16.7. The topological polar surface area (TPSA) is 74.8 Å². The Morgan fingerprint density at radius 2 is 2.12 bits per heavy atom. The molecule has 0 spiro atoms. The Labute approximate surface area is 173 Å². The van der Waals surface area contributed by atoms with Crippen LogP contribution < -0.4 is 16.0 Å². The molecule has 1 aromatic rings. The van der Waals surface area contributed by atoms with E-state index in [0.717, 1.165) is 50.5 Å². The van der Waals surface area contributed by atoms with Gasteiger partial charge in [0.05, 0.1) is 12.6 Å². The average Bonchev–Trinajstić information content (AvgIpc) is 3.16. The zero-order valence-electron chi connectivity index (χ0n) is 15.7. The Hall–Kier alpha value is -1.35. The summed E-state index contributed by atoms with van der Waals surface area (Å²) in [5.74, 6) is 0.745. The Balaban J connectivity index is 0.00000338. The number of aliphatic imine (C=N–C) groups is 1. The SMILES string of the molecule is CCCNC(=O)c1cccc(CN=C(NCC)NCC2CCCO2)c1.I. The zero-order chi connectivity index (χ0) is 17.9. The average molecular weight is 474 g/mol. The van der Waals surface area contributed by atoms with E-state index in [1.165, 1.54) is 0 Å². The van der Waals surface area contributed by atoms with Gasteiger partial charge in [-0.05, 0) is 43.9 Å². The molecule has 0 aromatic heterocycles. The molecule has 1 aromatic carbocycles. The van der Waals surface area contributed by atoms with Gasteiger partial charge in [0.15, 0.2) is 5.96 Å². The van der Waals surface area contributed by atoms with E-state index in [9.17, 15) is 4.79 Å². The van der Waals surface area contributed by atoms with Gasteiger partial charge in [-0.1, -0.05) is 19.1 Å². The second-order valence-corrected chi connectivity index (χ2v) is 6.17. The lowest BCUT2D eigenvalue weighted by Gasteiger charge is -2.14. The second-order valence-electron chi connectivity index (χ2n) is 6.17. The molecule has 0 bridgehead atoms. The molecule has 6 nitrogen and oxygen atoms in total. The Morgan fingerprint density at radius 3 is 2.81 bits per heavy atom. The summed E-state index contributed by atoms with van der Waals surface area (Å²) in [5.41, 5.74) is 1.69. The van der Waals surface area contributed by atoms with Crippen LogP contribution in [0.3, 0.4) is 0 Å². The number of rotatable bonds is 8. The number of halogens is 1. The number of hydrogen-bond donors (Lipinski definition) is 3. The molecule has 2 rings (SSSR count). The van der Waals surface area contributed by atoms with Crippen molar-refractivity contribution < 1.29 is 9.53 Å². The molecule has 1 aliphatic heterocycles. The standard InChI is InChI=1S/C19H30N4O2.HI/c1-3-10-21-18(24)16-8-5-7-15(12-16)13-22-19(20-4-2)23-14-17-9-6-11-25-17;/h5,7-8,12,17H,3-4,6,9-11,13-14H2,1-2H3,(H,21,24)(H2,20,22,23);1H. The predicted molar refractivity (Wildman–Crippen MR) is 116 cm³/mol. The van der Waals surface area contributed by atoms with Crippen LogP contribution in [0.15, 0.2) is 29.3 Å². The van der Waals surface area contributed by atoms with E-state index in [-0.39, 0.29) is 36.0 Å². The van der Waals surface area contributed by atoms with Crippen molar-refractivity contribution >= 4 is 35.8 Å². The zero-order valence-corrected chi connectivity index (χ0v) is 18.0. The molecular formula is C19H31IN4O2. The van der Waals surface area contributed by atoms with Crippen molar-refractivity contribution in [1.82, 2.24) is 16.0 Å². The number of ether oxygens (including phenoxy) is 1. The van der Waals surface area contributed by atoms with Crippen LogP contribution in [0.2, 0.25) is 0 Å². The first kappa shape index (κ1) is 22.7. The third kappa shape index (κ3) is 7.90. The van der Waals surface area contributed by atoms with Gasteiger partial charge in [0, 0.05) is 31.8 Å².